The molecule has 104 valence electrons. The Morgan fingerprint density at radius 3 is 2.45 bits per heavy atom. The van der Waals surface area contributed by atoms with Crippen molar-refractivity contribution in [2.75, 3.05) is 7.11 Å². The van der Waals surface area contributed by atoms with Gasteiger partial charge in [0, 0.05) is 18.0 Å². The Balaban J connectivity index is 2.43. The SMILES string of the molecule is COc1ccc(C(=O)c2cnccc2C(F)(F)Cl)cc1. The second-order valence-corrected chi connectivity index (χ2v) is 4.45. The fourth-order valence-electron chi connectivity index (χ4n) is 1.72. The standard InChI is InChI=1S/C14H10ClF2NO2/c1-20-10-4-2-9(3-5-10)13(19)11-8-18-7-6-12(11)14(15,16)17/h2-8H,1H3. The summed E-state index contributed by atoms with van der Waals surface area (Å²) >= 11 is 5.01. The number of hydrogen-bond donors (Lipinski definition) is 0. The number of methoxy groups -OCH3 is 1. The second kappa shape index (κ2) is 5.54. The molecule has 0 amide bonds. The van der Waals surface area contributed by atoms with E-state index in [1.54, 1.807) is 12.1 Å². The normalized spacial score (nSPS) is 11.2. The minimum Gasteiger partial charge on any atom is -0.497 e. The average molecular weight is 298 g/mol. The molecule has 0 bridgehead atoms. The summed E-state index contributed by atoms with van der Waals surface area (Å²) in [6.07, 6.45) is 2.24. The molecule has 0 saturated heterocycles. The number of pyridine rings is 1. The maximum absolute atomic E-state index is 13.3. The molecule has 0 fully saturated rings. The number of aromatic nitrogens is 1. The van der Waals surface area contributed by atoms with Gasteiger partial charge >= 0.3 is 5.38 Å². The van der Waals surface area contributed by atoms with Crippen molar-refractivity contribution in [1.82, 2.24) is 4.98 Å². The highest BCUT2D eigenvalue weighted by molar-refractivity contribution is 6.23. The smallest absolute Gasteiger partial charge is 0.349 e. The third kappa shape index (κ3) is 2.93. The molecule has 0 N–H and O–H groups in total. The van der Waals surface area contributed by atoms with Gasteiger partial charge in [0.1, 0.15) is 5.75 Å². The molecule has 2 aromatic rings. The number of ketones is 1. The van der Waals surface area contributed by atoms with Gasteiger partial charge in [-0.05, 0) is 41.9 Å². The Kier molecular flexibility index (Phi) is 3.99. The number of ether oxygens (including phenoxy) is 1. The Labute approximate surface area is 119 Å². The summed E-state index contributed by atoms with van der Waals surface area (Å²) in [4.78, 5) is 15.9. The quantitative estimate of drug-likeness (QED) is 0.639. The van der Waals surface area contributed by atoms with Gasteiger partial charge < -0.3 is 4.74 Å². The first-order valence-corrected chi connectivity index (χ1v) is 6.01. The van der Waals surface area contributed by atoms with Crippen LogP contribution in [0.3, 0.4) is 0 Å². The summed E-state index contributed by atoms with van der Waals surface area (Å²) in [6.45, 7) is 0. The number of alkyl halides is 3. The summed E-state index contributed by atoms with van der Waals surface area (Å²) in [5, 5.41) is -3.62. The van der Waals surface area contributed by atoms with Crippen LogP contribution in [-0.4, -0.2) is 17.9 Å². The van der Waals surface area contributed by atoms with Gasteiger partial charge in [-0.1, -0.05) is 0 Å². The van der Waals surface area contributed by atoms with Gasteiger partial charge in [0.05, 0.1) is 18.2 Å². The molecule has 0 aliphatic carbocycles. The van der Waals surface area contributed by atoms with Gasteiger partial charge in [-0.3, -0.25) is 9.78 Å². The Hall–Kier alpha value is -2.01. The summed E-state index contributed by atoms with van der Waals surface area (Å²) in [6, 6.07) is 7.16. The van der Waals surface area contributed by atoms with E-state index >= 15 is 0 Å². The molecular formula is C14H10ClF2NO2. The van der Waals surface area contributed by atoms with Crippen molar-refractivity contribution in [3.63, 3.8) is 0 Å². The number of nitrogens with zero attached hydrogens (tertiary/aromatic N) is 1. The summed E-state index contributed by atoms with van der Waals surface area (Å²) in [7, 11) is 1.49. The van der Waals surface area contributed by atoms with Crippen molar-refractivity contribution in [2.45, 2.75) is 5.38 Å². The summed E-state index contributed by atoms with van der Waals surface area (Å²) in [5.74, 6) is -0.00767. The van der Waals surface area contributed by atoms with E-state index in [4.69, 9.17) is 16.3 Å². The molecule has 1 aromatic heterocycles. The molecule has 1 heterocycles. The third-order valence-electron chi connectivity index (χ3n) is 2.72. The van der Waals surface area contributed by atoms with Crippen LogP contribution in [-0.2, 0) is 5.38 Å². The maximum Gasteiger partial charge on any atom is 0.349 e. The van der Waals surface area contributed by atoms with Crippen molar-refractivity contribution in [1.29, 1.82) is 0 Å². The van der Waals surface area contributed by atoms with E-state index in [0.717, 1.165) is 18.5 Å². The lowest BCUT2D eigenvalue weighted by molar-refractivity contribution is 0.0895. The largest absolute Gasteiger partial charge is 0.497 e. The molecule has 1 aromatic carbocycles. The van der Waals surface area contributed by atoms with Crippen molar-refractivity contribution in [3.05, 3.63) is 59.4 Å². The van der Waals surface area contributed by atoms with Crippen molar-refractivity contribution in [3.8, 4) is 5.75 Å². The molecule has 0 aliphatic rings. The summed E-state index contributed by atoms with van der Waals surface area (Å²) < 4.78 is 31.5. The van der Waals surface area contributed by atoms with Crippen LogP contribution in [0.2, 0.25) is 0 Å². The number of hydrogen-bond acceptors (Lipinski definition) is 3. The van der Waals surface area contributed by atoms with Gasteiger partial charge in [-0.2, -0.15) is 8.78 Å². The lowest BCUT2D eigenvalue weighted by atomic mass is 10.0. The topological polar surface area (TPSA) is 39.2 Å². The molecule has 0 radical (unpaired) electrons. The van der Waals surface area contributed by atoms with Crippen LogP contribution in [0, 0.1) is 0 Å². The van der Waals surface area contributed by atoms with Crippen molar-refractivity contribution < 1.29 is 18.3 Å². The van der Waals surface area contributed by atoms with Crippen LogP contribution in [0.15, 0.2) is 42.7 Å². The zero-order valence-electron chi connectivity index (χ0n) is 10.4. The molecule has 3 nitrogen and oxygen atoms in total. The van der Waals surface area contributed by atoms with E-state index < -0.39 is 16.7 Å². The van der Waals surface area contributed by atoms with Crippen LogP contribution in [0.1, 0.15) is 21.5 Å². The Bertz CT molecular complexity index is 624. The van der Waals surface area contributed by atoms with Crippen LogP contribution in [0.4, 0.5) is 8.78 Å². The van der Waals surface area contributed by atoms with Gasteiger partial charge in [0.15, 0.2) is 5.78 Å². The fraction of sp³-hybridized carbons (Fsp3) is 0.143. The monoisotopic (exact) mass is 297 g/mol. The molecule has 0 saturated carbocycles. The van der Waals surface area contributed by atoms with E-state index in [-0.39, 0.29) is 11.1 Å². The molecule has 0 aliphatic heterocycles. The van der Waals surface area contributed by atoms with E-state index in [0.29, 0.717) is 5.75 Å². The number of benzene rings is 1. The van der Waals surface area contributed by atoms with E-state index in [9.17, 15) is 13.6 Å². The van der Waals surface area contributed by atoms with Crippen LogP contribution < -0.4 is 4.74 Å². The Morgan fingerprint density at radius 2 is 1.90 bits per heavy atom. The highest BCUT2D eigenvalue weighted by Gasteiger charge is 2.33. The fourth-order valence-corrected chi connectivity index (χ4v) is 1.89. The molecule has 0 atom stereocenters. The first-order valence-electron chi connectivity index (χ1n) is 5.63. The molecule has 0 unspecified atom stereocenters. The first kappa shape index (κ1) is 14.4. The Morgan fingerprint density at radius 1 is 1.25 bits per heavy atom. The van der Waals surface area contributed by atoms with Gasteiger partial charge in [-0.25, -0.2) is 0 Å². The van der Waals surface area contributed by atoms with Crippen LogP contribution in [0.25, 0.3) is 0 Å². The summed E-state index contributed by atoms with van der Waals surface area (Å²) in [5.41, 5.74) is -0.534. The third-order valence-corrected chi connectivity index (χ3v) is 2.93. The van der Waals surface area contributed by atoms with Gasteiger partial charge in [-0.15, -0.1) is 0 Å². The predicted molar refractivity (Wildman–Crippen MR) is 70.4 cm³/mol. The first-order chi connectivity index (χ1) is 9.43. The predicted octanol–water partition coefficient (Wildman–Crippen LogP) is 3.61. The molecule has 2 rings (SSSR count). The van der Waals surface area contributed by atoms with Crippen molar-refractivity contribution >= 4 is 17.4 Å². The molecule has 6 heteroatoms. The van der Waals surface area contributed by atoms with Gasteiger partial charge in [0.25, 0.3) is 0 Å². The number of rotatable bonds is 4. The minimum atomic E-state index is -3.62. The van der Waals surface area contributed by atoms with E-state index in [2.05, 4.69) is 4.98 Å². The molecule has 20 heavy (non-hydrogen) atoms. The van der Waals surface area contributed by atoms with Crippen LogP contribution >= 0.6 is 11.6 Å². The number of carbonyl (C=O) groups excluding carboxylic acids is 1. The number of halogens is 3. The van der Waals surface area contributed by atoms with Crippen LogP contribution in [0.5, 0.6) is 5.75 Å². The number of carbonyl (C=O) groups is 1. The van der Waals surface area contributed by atoms with Gasteiger partial charge in [0.2, 0.25) is 0 Å². The van der Waals surface area contributed by atoms with Crippen molar-refractivity contribution in [2.24, 2.45) is 0 Å². The highest BCUT2D eigenvalue weighted by Crippen LogP contribution is 2.35. The zero-order valence-corrected chi connectivity index (χ0v) is 11.2. The lowest BCUT2D eigenvalue weighted by Crippen LogP contribution is -2.13. The molecular weight excluding hydrogens is 288 g/mol. The lowest BCUT2D eigenvalue weighted by Gasteiger charge is -2.12. The average Bonchev–Trinajstić information content (AvgIpc) is 2.46. The van der Waals surface area contributed by atoms with E-state index in [1.165, 1.54) is 19.2 Å². The second-order valence-electron chi connectivity index (χ2n) is 3.98. The molecule has 0 spiro atoms. The highest BCUT2D eigenvalue weighted by atomic mass is 35.5. The maximum atomic E-state index is 13.3. The zero-order chi connectivity index (χ0) is 14.8. The minimum absolute atomic E-state index is 0.224. The van der Waals surface area contributed by atoms with E-state index in [1.807, 2.05) is 0 Å².